The van der Waals surface area contributed by atoms with Crippen LogP contribution < -0.4 is 5.32 Å². The zero-order chi connectivity index (χ0) is 15.1. The van der Waals surface area contributed by atoms with E-state index in [2.05, 4.69) is 35.9 Å². The fraction of sp³-hybridized carbons (Fsp3) is 0.941. The Hall–Kier alpha value is -0.0400. The molecular weight excluding hydrogens is 387 g/mol. The van der Waals surface area contributed by atoms with Crippen molar-refractivity contribution in [1.29, 1.82) is 0 Å². The van der Waals surface area contributed by atoms with Crippen LogP contribution in [0.25, 0.3) is 0 Å². The van der Waals surface area contributed by atoms with Gasteiger partial charge in [0.1, 0.15) is 0 Å². The van der Waals surface area contributed by atoms with Crippen LogP contribution in [0, 0.1) is 11.8 Å². The van der Waals surface area contributed by atoms with Crippen molar-refractivity contribution < 1.29 is 0 Å². The van der Waals surface area contributed by atoms with E-state index in [0.29, 0.717) is 0 Å². The summed E-state index contributed by atoms with van der Waals surface area (Å²) in [6.07, 6.45) is 5.73. The van der Waals surface area contributed by atoms with Gasteiger partial charge in [0.05, 0.1) is 6.54 Å². The van der Waals surface area contributed by atoms with Crippen LogP contribution in [0.3, 0.4) is 0 Å². The number of aliphatic imine (C=N–C) groups is 1. The van der Waals surface area contributed by atoms with Crippen LogP contribution in [0.2, 0.25) is 0 Å². The third-order valence-electron chi connectivity index (χ3n) is 5.18. The van der Waals surface area contributed by atoms with Gasteiger partial charge in [0.15, 0.2) is 5.96 Å². The van der Waals surface area contributed by atoms with E-state index in [1.807, 2.05) is 0 Å². The average Bonchev–Trinajstić information content (AvgIpc) is 2.94. The Morgan fingerprint density at radius 3 is 2.18 bits per heavy atom. The SMILES string of the molecule is CCNC(=NCCN(CC)CC)N1CC2CCCCC2C1.I. The number of halogens is 1. The van der Waals surface area contributed by atoms with Crippen LogP contribution in [0.5, 0.6) is 0 Å². The van der Waals surface area contributed by atoms with Crippen LogP contribution >= 0.6 is 24.0 Å². The zero-order valence-corrected chi connectivity index (χ0v) is 17.0. The van der Waals surface area contributed by atoms with Gasteiger partial charge in [-0.2, -0.15) is 0 Å². The van der Waals surface area contributed by atoms with Gasteiger partial charge in [-0.15, -0.1) is 24.0 Å². The largest absolute Gasteiger partial charge is 0.357 e. The van der Waals surface area contributed by atoms with E-state index in [-0.39, 0.29) is 24.0 Å². The predicted molar refractivity (Wildman–Crippen MR) is 106 cm³/mol. The van der Waals surface area contributed by atoms with Gasteiger partial charge in [-0.05, 0) is 44.7 Å². The highest BCUT2D eigenvalue weighted by Crippen LogP contribution is 2.35. The van der Waals surface area contributed by atoms with E-state index in [9.17, 15) is 0 Å². The Morgan fingerprint density at radius 1 is 1.09 bits per heavy atom. The average molecular weight is 422 g/mol. The van der Waals surface area contributed by atoms with Crippen LogP contribution in [0.4, 0.5) is 0 Å². The van der Waals surface area contributed by atoms with Crippen molar-refractivity contribution >= 4 is 29.9 Å². The van der Waals surface area contributed by atoms with Gasteiger partial charge in [-0.25, -0.2) is 0 Å². The minimum Gasteiger partial charge on any atom is -0.357 e. The molecule has 2 fully saturated rings. The molecule has 0 aromatic rings. The molecule has 0 aromatic carbocycles. The summed E-state index contributed by atoms with van der Waals surface area (Å²) in [6.45, 7) is 14.3. The maximum atomic E-state index is 4.88. The van der Waals surface area contributed by atoms with Crippen molar-refractivity contribution in [2.75, 3.05) is 45.8 Å². The van der Waals surface area contributed by atoms with Crippen molar-refractivity contribution in [2.45, 2.75) is 46.5 Å². The van der Waals surface area contributed by atoms with Crippen LogP contribution in [0.1, 0.15) is 46.5 Å². The van der Waals surface area contributed by atoms with Crippen molar-refractivity contribution in [3.63, 3.8) is 0 Å². The number of hydrogen-bond acceptors (Lipinski definition) is 2. The van der Waals surface area contributed by atoms with E-state index in [1.165, 1.54) is 38.8 Å². The van der Waals surface area contributed by atoms with E-state index in [0.717, 1.165) is 50.5 Å². The van der Waals surface area contributed by atoms with E-state index < -0.39 is 0 Å². The first kappa shape index (κ1) is 20.0. The number of likely N-dealkylation sites (N-methyl/N-ethyl adjacent to an activating group) is 1. The fourth-order valence-corrected chi connectivity index (χ4v) is 3.84. The lowest BCUT2D eigenvalue weighted by atomic mass is 9.82. The molecule has 1 N–H and O–H groups in total. The van der Waals surface area contributed by atoms with Gasteiger partial charge < -0.3 is 15.1 Å². The van der Waals surface area contributed by atoms with Crippen molar-refractivity contribution in [2.24, 2.45) is 16.8 Å². The summed E-state index contributed by atoms with van der Waals surface area (Å²) in [6, 6.07) is 0. The number of rotatable bonds is 6. The first-order valence-electron chi connectivity index (χ1n) is 9.04. The highest BCUT2D eigenvalue weighted by Gasteiger charge is 2.35. The molecule has 1 heterocycles. The number of nitrogens with one attached hydrogen (secondary N) is 1. The highest BCUT2D eigenvalue weighted by atomic mass is 127. The minimum absolute atomic E-state index is 0. The van der Waals surface area contributed by atoms with Crippen molar-refractivity contribution in [3.05, 3.63) is 0 Å². The summed E-state index contributed by atoms with van der Waals surface area (Å²) in [7, 11) is 0. The molecule has 1 aliphatic heterocycles. The molecule has 0 spiro atoms. The summed E-state index contributed by atoms with van der Waals surface area (Å²) < 4.78 is 0. The number of fused-ring (bicyclic) bond motifs is 1. The molecule has 1 saturated heterocycles. The first-order chi connectivity index (χ1) is 10.3. The molecule has 2 atom stereocenters. The summed E-state index contributed by atoms with van der Waals surface area (Å²) in [5.74, 6) is 3.00. The lowest BCUT2D eigenvalue weighted by molar-refractivity contribution is 0.299. The first-order valence-corrected chi connectivity index (χ1v) is 9.04. The number of nitrogens with zero attached hydrogens (tertiary/aromatic N) is 3. The van der Waals surface area contributed by atoms with Gasteiger partial charge in [0, 0.05) is 26.2 Å². The second kappa shape index (κ2) is 10.7. The summed E-state index contributed by atoms with van der Waals surface area (Å²) in [4.78, 5) is 9.84. The molecule has 2 aliphatic rings. The zero-order valence-electron chi connectivity index (χ0n) is 14.7. The molecule has 0 radical (unpaired) electrons. The third kappa shape index (κ3) is 5.55. The van der Waals surface area contributed by atoms with Crippen LogP contribution in [0.15, 0.2) is 4.99 Å². The Bertz CT molecular complexity index is 317. The number of likely N-dealkylation sites (tertiary alicyclic amines) is 1. The molecule has 0 bridgehead atoms. The lowest BCUT2D eigenvalue weighted by Crippen LogP contribution is -2.41. The van der Waals surface area contributed by atoms with Gasteiger partial charge in [0.2, 0.25) is 0 Å². The Morgan fingerprint density at radius 2 is 1.68 bits per heavy atom. The predicted octanol–water partition coefficient (Wildman–Crippen LogP) is 3.03. The Balaban J connectivity index is 0.00000242. The summed E-state index contributed by atoms with van der Waals surface area (Å²) in [5, 5.41) is 3.50. The molecule has 130 valence electrons. The summed E-state index contributed by atoms with van der Waals surface area (Å²) in [5.41, 5.74) is 0. The molecule has 0 aromatic heterocycles. The molecule has 0 amide bonds. The van der Waals surface area contributed by atoms with E-state index >= 15 is 0 Å². The van der Waals surface area contributed by atoms with Gasteiger partial charge in [-0.3, -0.25) is 4.99 Å². The third-order valence-corrected chi connectivity index (χ3v) is 5.18. The molecule has 2 unspecified atom stereocenters. The minimum atomic E-state index is 0. The van der Waals surface area contributed by atoms with Gasteiger partial charge in [0.25, 0.3) is 0 Å². The van der Waals surface area contributed by atoms with Crippen LogP contribution in [-0.2, 0) is 0 Å². The molecule has 5 heteroatoms. The second-order valence-corrected chi connectivity index (χ2v) is 6.47. The lowest BCUT2D eigenvalue weighted by Gasteiger charge is -2.22. The maximum Gasteiger partial charge on any atom is 0.193 e. The van der Waals surface area contributed by atoms with Gasteiger partial charge >= 0.3 is 0 Å². The monoisotopic (exact) mass is 422 g/mol. The molecule has 1 aliphatic carbocycles. The normalized spacial score (nSPS) is 25.1. The summed E-state index contributed by atoms with van der Waals surface area (Å²) >= 11 is 0. The topological polar surface area (TPSA) is 30.9 Å². The van der Waals surface area contributed by atoms with Crippen molar-refractivity contribution in [1.82, 2.24) is 15.1 Å². The molecule has 22 heavy (non-hydrogen) atoms. The number of hydrogen-bond donors (Lipinski definition) is 1. The highest BCUT2D eigenvalue weighted by molar-refractivity contribution is 14.0. The quantitative estimate of drug-likeness (QED) is 0.406. The Labute approximate surface area is 154 Å². The van der Waals surface area contributed by atoms with E-state index in [4.69, 9.17) is 4.99 Å². The smallest absolute Gasteiger partial charge is 0.193 e. The molecule has 2 rings (SSSR count). The molecular formula is C17H35IN4. The van der Waals surface area contributed by atoms with E-state index in [1.54, 1.807) is 0 Å². The maximum absolute atomic E-state index is 4.88. The Kier molecular flexibility index (Phi) is 9.71. The second-order valence-electron chi connectivity index (χ2n) is 6.47. The molecule has 4 nitrogen and oxygen atoms in total. The standard InChI is InChI=1S/C17H34N4.HI/c1-4-18-17(19-11-12-20(5-2)6-3)21-13-15-9-7-8-10-16(15)14-21;/h15-16H,4-14H2,1-3H3,(H,18,19);1H. The van der Waals surface area contributed by atoms with Crippen molar-refractivity contribution in [3.8, 4) is 0 Å². The number of guanidine groups is 1. The molecule has 1 saturated carbocycles. The van der Waals surface area contributed by atoms with Gasteiger partial charge in [-0.1, -0.05) is 26.7 Å². The van der Waals surface area contributed by atoms with Crippen LogP contribution in [-0.4, -0.2) is 61.6 Å². The fourth-order valence-electron chi connectivity index (χ4n) is 3.84.